The highest BCUT2D eigenvalue weighted by atomic mass is 19.1. The summed E-state index contributed by atoms with van der Waals surface area (Å²) in [6, 6.07) is 14.9. The van der Waals surface area contributed by atoms with Crippen LogP contribution in [0.3, 0.4) is 0 Å². The summed E-state index contributed by atoms with van der Waals surface area (Å²) in [5.74, 6) is 1.15. The predicted molar refractivity (Wildman–Crippen MR) is 98.5 cm³/mol. The van der Waals surface area contributed by atoms with Gasteiger partial charge in [0.25, 0.3) is 5.91 Å². The van der Waals surface area contributed by atoms with Crippen molar-refractivity contribution < 1.29 is 18.7 Å². The van der Waals surface area contributed by atoms with Gasteiger partial charge in [0.2, 0.25) is 6.79 Å². The quantitative estimate of drug-likeness (QED) is 0.719. The number of amides is 1. The van der Waals surface area contributed by atoms with Crippen LogP contribution in [0.15, 0.2) is 60.8 Å². The molecular weight excluding hydrogens is 349 g/mol. The van der Waals surface area contributed by atoms with Gasteiger partial charge in [0.15, 0.2) is 11.5 Å². The second-order valence-electron chi connectivity index (χ2n) is 5.90. The van der Waals surface area contributed by atoms with E-state index >= 15 is 0 Å². The lowest BCUT2D eigenvalue weighted by Crippen LogP contribution is -2.13. The van der Waals surface area contributed by atoms with E-state index in [2.05, 4.69) is 15.6 Å². The highest BCUT2D eigenvalue weighted by Crippen LogP contribution is 2.34. The molecule has 1 aliphatic heterocycles. The first-order valence-corrected chi connectivity index (χ1v) is 8.33. The van der Waals surface area contributed by atoms with E-state index in [1.165, 1.54) is 12.3 Å². The third kappa shape index (κ3) is 3.82. The predicted octanol–water partition coefficient (Wildman–Crippen LogP) is 3.81. The minimum Gasteiger partial charge on any atom is -0.454 e. The van der Waals surface area contributed by atoms with E-state index in [1.807, 2.05) is 0 Å². The molecule has 0 atom stereocenters. The van der Waals surface area contributed by atoms with Gasteiger partial charge in [-0.25, -0.2) is 9.37 Å². The van der Waals surface area contributed by atoms with Crippen LogP contribution in [-0.2, 0) is 6.54 Å². The van der Waals surface area contributed by atoms with Crippen molar-refractivity contribution in [2.75, 3.05) is 17.4 Å². The fourth-order valence-electron chi connectivity index (χ4n) is 2.67. The number of rotatable bonds is 5. The number of pyridine rings is 1. The molecule has 0 unspecified atom stereocenters. The van der Waals surface area contributed by atoms with Crippen LogP contribution in [0.25, 0.3) is 0 Å². The molecule has 0 saturated carbocycles. The minimum absolute atomic E-state index is 0.175. The van der Waals surface area contributed by atoms with E-state index in [0.29, 0.717) is 34.1 Å². The fourth-order valence-corrected chi connectivity index (χ4v) is 2.67. The van der Waals surface area contributed by atoms with Crippen LogP contribution in [0.4, 0.5) is 15.9 Å². The molecule has 1 aromatic heterocycles. The number of hydrogen-bond donors (Lipinski definition) is 2. The van der Waals surface area contributed by atoms with Crippen molar-refractivity contribution in [3.63, 3.8) is 0 Å². The zero-order valence-corrected chi connectivity index (χ0v) is 14.2. The van der Waals surface area contributed by atoms with Crippen LogP contribution in [0.2, 0.25) is 0 Å². The summed E-state index contributed by atoms with van der Waals surface area (Å²) in [6.07, 6.45) is 1.53. The van der Waals surface area contributed by atoms with Crippen LogP contribution in [0.1, 0.15) is 15.9 Å². The van der Waals surface area contributed by atoms with Gasteiger partial charge in [0, 0.05) is 35.6 Å². The van der Waals surface area contributed by atoms with Gasteiger partial charge in [-0.3, -0.25) is 4.79 Å². The normalized spacial score (nSPS) is 11.9. The van der Waals surface area contributed by atoms with Crippen molar-refractivity contribution in [3.8, 4) is 11.5 Å². The standard InChI is InChI=1S/C20H16FN3O3/c21-16-4-2-1-3-14(16)11-23-19-9-13(7-8-22-19)20(25)24-15-5-6-17-18(10-15)27-12-26-17/h1-10H,11-12H2,(H,22,23)(H,24,25). The summed E-state index contributed by atoms with van der Waals surface area (Å²) >= 11 is 0. The van der Waals surface area contributed by atoms with Gasteiger partial charge in [-0.2, -0.15) is 0 Å². The van der Waals surface area contributed by atoms with E-state index in [4.69, 9.17) is 9.47 Å². The molecule has 7 heteroatoms. The zero-order valence-electron chi connectivity index (χ0n) is 14.2. The van der Waals surface area contributed by atoms with E-state index < -0.39 is 0 Å². The maximum atomic E-state index is 13.7. The monoisotopic (exact) mass is 365 g/mol. The number of carbonyl (C=O) groups excluding carboxylic acids is 1. The smallest absolute Gasteiger partial charge is 0.255 e. The molecule has 1 amide bonds. The molecule has 2 N–H and O–H groups in total. The average Bonchev–Trinajstić information content (AvgIpc) is 3.15. The summed E-state index contributed by atoms with van der Waals surface area (Å²) in [5, 5.41) is 5.84. The van der Waals surface area contributed by atoms with Gasteiger partial charge in [0.1, 0.15) is 11.6 Å². The summed E-state index contributed by atoms with van der Waals surface area (Å²) in [5.41, 5.74) is 1.55. The van der Waals surface area contributed by atoms with Gasteiger partial charge in [-0.15, -0.1) is 0 Å². The molecular formula is C20H16FN3O3. The largest absolute Gasteiger partial charge is 0.454 e. The third-order valence-corrected chi connectivity index (χ3v) is 4.07. The first-order chi connectivity index (χ1) is 13.2. The highest BCUT2D eigenvalue weighted by molar-refractivity contribution is 6.04. The number of fused-ring (bicyclic) bond motifs is 1. The SMILES string of the molecule is O=C(Nc1ccc2c(c1)OCO2)c1ccnc(NCc2ccccc2F)c1. The second-order valence-corrected chi connectivity index (χ2v) is 5.90. The number of halogens is 1. The Morgan fingerprint density at radius 1 is 1.07 bits per heavy atom. The lowest BCUT2D eigenvalue weighted by molar-refractivity contribution is 0.102. The Bertz CT molecular complexity index is 994. The van der Waals surface area contributed by atoms with E-state index in [-0.39, 0.29) is 25.1 Å². The lowest BCUT2D eigenvalue weighted by atomic mass is 10.2. The molecule has 27 heavy (non-hydrogen) atoms. The number of hydrogen-bond acceptors (Lipinski definition) is 5. The Morgan fingerprint density at radius 2 is 1.93 bits per heavy atom. The Morgan fingerprint density at radius 3 is 2.81 bits per heavy atom. The number of nitrogens with zero attached hydrogens (tertiary/aromatic N) is 1. The van der Waals surface area contributed by atoms with Crippen molar-refractivity contribution in [1.29, 1.82) is 0 Å². The van der Waals surface area contributed by atoms with Gasteiger partial charge in [-0.1, -0.05) is 18.2 Å². The van der Waals surface area contributed by atoms with Crippen molar-refractivity contribution in [3.05, 3.63) is 77.7 Å². The number of benzene rings is 2. The molecule has 2 aromatic carbocycles. The van der Waals surface area contributed by atoms with Crippen LogP contribution >= 0.6 is 0 Å². The average molecular weight is 365 g/mol. The van der Waals surface area contributed by atoms with Gasteiger partial charge < -0.3 is 20.1 Å². The van der Waals surface area contributed by atoms with Crippen molar-refractivity contribution in [2.24, 2.45) is 0 Å². The fraction of sp³-hybridized carbons (Fsp3) is 0.100. The van der Waals surface area contributed by atoms with Gasteiger partial charge >= 0.3 is 0 Å². The molecule has 0 radical (unpaired) electrons. The topological polar surface area (TPSA) is 72.5 Å². The Kier molecular flexibility index (Phi) is 4.57. The van der Waals surface area contributed by atoms with Crippen LogP contribution < -0.4 is 20.1 Å². The summed E-state index contributed by atoms with van der Waals surface area (Å²) in [6.45, 7) is 0.445. The van der Waals surface area contributed by atoms with Gasteiger partial charge in [-0.05, 0) is 30.3 Å². The molecule has 1 aliphatic rings. The highest BCUT2D eigenvalue weighted by Gasteiger charge is 2.15. The Hall–Kier alpha value is -3.61. The lowest BCUT2D eigenvalue weighted by Gasteiger charge is -2.09. The van der Waals surface area contributed by atoms with E-state index in [0.717, 1.165) is 0 Å². The number of nitrogens with one attached hydrogen (secondary N) is 2. The van der Waals surface area contributed by atoms with Crippen LogP contribution in [0, 0.1) is 5.82 Å². The maximum absolute atomic E-state index is 13.7. The molecule has 136 valence electrons. The van der Waals surface area contributed by atoms with Crippen molar-refractivity contribution in [2.45, 2.75) is 6.54 Å². The van der Waals surface area contributed by atoms with Gasteiger partial charge in [0.05, 0.1) is 0 Å². The Balaban J connectivity index is 1.44. The molecule has 4 rings (SSSR count). The third-order valence-electron chi connectivity index (χ3n) is 4.07. The molecule has 3 aromatic rings. The molecule has 0 bridgehead atoms. The minimum atomic E-state index is -0.290. The number of aromatic nitrogens is 1. The van der Waals surface area contributed by atoms with E-state index in [1.54, 1.807) is 48.5 Å². The van der Waals surface area contributed by atoms with E-state index in [9.17, 15) is 9.18 Å². The first-order valence-electron chi connectivity index (χ1n) is 8.33. The number of carbonyl (C=O) groups is 1. The maximum Gasteiger partial charge on any atom is 0.255 e. The van der Waals surface area contributed by atoms with Crippen LogP contribution in [0.5, 0.6) is 11.5 Å². The Labute approximate surface area is 155 Å². The summed E-state index contributed by atoms with van der Waals surface area (Å²) < 4.78 is 24.3. The molecule has 0 spiro atoms. The summed E-state index contributed by atoms with van der Waals surface area (Å²) in [4.78, 5) is 16.7. The summed E-state index contributed by atoms with van der Waals surface area (Å²) in [7, 11) is 0. The zero-order chi connectivity index (χ0) is 18.6. The molecule has 6 nitrogen and oxygen atoms in total. The van der Waals surface area contributed by atoms with Crippen molar-refractivity contribution in [1.82, 2.24) is 4.98 Å². The first kappa shape index (κ1) is 16.8. The molecule has 0 saturated heterocycles. The number of anilines is 2. The number of ether oxygens (including phenoxy) is 2. The molecule has 0 fully saturated rings. The second kappa shape index (κ2) is 7.33. The van der Waals surface area contributed by atoms with Crippen molar-refractivity contribution >= 4 is 17.4 Å². The molecule has 2 heterocycles. The van der Waals surface area contributed by atoms with Crippen LogP contribution in [-0.4, -0.2) is 17.7 Å². The molecule has 0 aliphatic carbocycles.